The maximum absolute atomic E-state index is 12.6. The average molecular weight is 389 g/mol. The number of carbonyl (C=O) groups is 1. The molecule has 1 aliphatic carbocycles. The molecule has 1 saturated heterocycles. The molecule has 0 radical (unpaired) electrons. The second-order valence-corrected chi connectivity index (χ2v) is 8.42. The number of sulfonamides is 1. The highest BCUT2D eigenvalue weighted by molar-refractivity contribution is 7.89. The van der Waals surface area contributed by atoms with Gasteiger partial charge in [0.05, 0.1) is 17.4 Å². The summed E-state index contributed by atoms with van der Waals surface area (Å²) in [6.07, 6.45) is 3.28. The molecule has 2 fully saturated rings. The molecule has 2 atom stereocenters. The fraction of sp³-hybridized carbons (Fsp3) is 0.588. The van der Waals surface area contributed by atoms with Crippen molar-refractivity contribution >= 4 is 28.4 Å². The van der Waals surface area contributed by atoms with Gasteiger partial charge in [-0.05, 0) is 56.8 Å². The zero-order chi connectivity index (χ0) is 17.4. The monoisotopic (exact) mass is 388 g/mol. The quantitative estimate of drug-likeness (QED) is 0.750. The SMILES string of the molecule is COC(=O)C1(c2ccc(S(=O)(=O)NC3CCCNC3C)cc2)CC1.Cl. The van der Waals surface area contributed by atoms with Gasteiger partial charge in [0, 0.05) is 12.1 Å². The first-order chi connectivity index (χ1) is 11.4. The van der Waals surface area contributed by atoms with Crippen molar-refractivity contribution in [2.45, 2.75) is 55.0 Å². The van der Waals surface area contributed by atoms with E-state index in [1.54, 1.807) is 24.3 Å². The molecule has 1 aliphatic heterocycles. The van der Waals surface area contributed by atoms with Crippen molar-refractivity contribution in [1.82, 2.24) is 10.0 Å². The van der Waals surface area contributed by atoms with Crippen molar-refractivity contribution in [2.75, 3.05) is 13.7 Å². The van der Waals surface area contributed by atoms with Gasteiger partial charge in [0.15, 0.2) is 0 Å². The lowest BCUT2D eigenvalue weighted by atomic mass is 9.96. The summed E-state index contributed by atoms with van der Waals surface area (Å²) in [4.78, 5) is 12.1. The number of hydrogen-bond acceptors (Lipinski definition) is 5. The van der Waals surface area contributed by atoms with E-state index in [0.29, 0.717) is 0 Å². The van der Waals surface area contributed by atoms with Gasteiger partial charge >= 0.3 is 5.97 Å². The Balaban J connectivity index is 0.00000225. The van der Waals surface area contributed by atoms with Crippen molar-refractivity contribution in [3.8, 4) is 0 Å². The van der Waals surface area contributed by atoms with Crippen molar-refractivity contribution in [2.24, 2.45) is 0 Å². The fourth-order valence-electron chi connectivity index (χ4n) is 3.36. The maximum Gasteiger partial charge on any atom is 0.316 e. The van der Waals surface area contributed by atoms with E-state index in [9.17, 15) is 13.2 Å². The molecule has 0 amide bonds. The van der Waals surface area contributed by atoms with Gasteiger partial charge in [-0.15, -0.1) is 12.4 Å². The first kappa shape index (κ1) is 20.2. The van der Waals surface area contributed by atoms with Crippen LogP contribution in [0.15, 0.2) is 29.2 Å². The molecule has 25 heavy (non-hydrogen) atoms. The third kappa shape index (κ3) is 4.00. The molecule has 3 rings (SSSR count). The molecule has 2 unspecified atom stereocenters. The van der Waals surface area contributed by atoms with Crippen molar-refractivity contribution in [3.05, 3.63) is 29.8 Å². The summed E-state index contributed by atoms with van der Waals surface area (Å²) in [6.45, 7) is 2.91. The van der Waals surface area contributed by atoms with E-state index >= 15 is 0 Å². The zero-order valence-electron chi connectivity index (χ0n) is 14.4. The van der Waals surface area contributed by atoms with Crippen LogP contribution in [-0.2, 0) is 25.0 Å². The molecular formula is C17H25ClN2O4S. The van der Waals surface area contributed by atoms with Gasteiger partial charge in [-0.25, -0.2) is 13.1 Å². The molecule has 1 aromatic rings. The lowest BCUT2D eigenvalue weighted by Gasteiger charge is -2.30. The normalized spacial score (nSPS) is 24.9. The summed E-state index contributed by atoms with van der Waals surface area (Å²) in [7, 11) is -2.19. The predicted octanol–water partition coefficient (Wildman–Crippen LogP) is 1.73. The Hall–Kier alpha value is -1.15. The van der Waals surface area contributed by atoms with Gasteiger partial charge in [-0.1, -0.05) is 12.1 Å². The van der Waals surface area contributed by atoms with E-state index in [0.717, 1.165) is 37.8 Å². The minimum absolute atomic E-state index is 0. The maximum atomic E-state index is 12.6. The molecule has 0 spiro atoms. The summed E-state index contributed by atoms with van der Waals surface area (Å²) < 4.78 is 32.8. The summed E-state index contributed by atoms with van der Waals surface area (Å²) in [5, 5.41) is 3.28. The van der Waals surface area contributed by atoms with Crippen LogP contribution in [-0.4, -0.2) is 40.1 Å². The van der Waals surface area contributed by atoms with Crippen LogP contribution >= 0.6 is 12.4 Å². The molecular weight excluding hydrogens is 364 g/mol. The van der Waals surface area contributed by atoms with Gasteiger partial charge < -0.3 is 10.1 Å². The summed E-state index contributed by atoms with van der Waals surface area (Å²) in [5.41, 5.74) is 0.243. The second kappa shape index (κ2) is 7.61. The molecule has 2 N–H and O–H groups in total. The minimum atomic E-state index is -3.57. The van der Waals surface area contributed by atoms with Crippen LogP contribution in [0.5, 0.6) is 0 Å². The molecule has 2 aliphatic rings. The van der Waals surface area contributed by atoms with Crippen molar-refractivity contribution in [3.63, 3.8) is 0 Å². The number of esters is 1. The number of carbonyl (C=O) groups excluding carboxylic acids is 1. The van der Waals surface area contributed by atoms with E-state index in [2.05, 4.69) is 10.0 Å². The first-order valence-corrected chi connectivity index (χ1v) is 9.82. The van der Waals surface area contributed by atoms with Gasteiger partial charge in [0.25, 0.3) is 0 Å². The fourth-order valence-corrected chi connectivity index (χ4v) is 4.71. The van der Waals surface area contributed by atoms with Crippen molar-refractivity contribution in [1.29, 1.82) is 0 Å². The molecule has 1 aromatic carbocycles. The second-order valence-electron chi connectivity index (χ2n) is 6.71. The Bertz CT molecular complexity index is 717. The number of ether oxygens (including phenoxy) is 1. The van der Waals surface area contributed by atoms with Crippen LogP contribution in [0.25, 0.3) is 0 Å². The first-order valence-electron chi connectivity index (χ1n) is 8.34. The molecule has 8 heteroatoms. The number of hydrogen-bond donors (Lipinski definition) is 2. The molecule has 1 heterocycles. The molecule has 0 bridgehead atoms. The Labute approximate surface area is 155 Å². The largest absolute Gasteiger partial charge is 0.468 e. The van der Waals surface area contributed by atoms with E-state index in [1.165, 1.54) is 7.11 Å². The summed E-state index contributed by atoms with van der Waals surface area (Å²) in [5.74, 6) is -0.252. The number of piperidine rings is 1. The molecule has 140 valence electrons. The smallest absolute Gasteiger partial charge is 0.316 e. The van der Waals surface area contributed by atoms with Crippen LogP contribution in [0.2, 0.25) is 0 Å². The average Bonchev–Trinajstić information content (AvgIpc) is 3.38. The predicted molar refractivity (Wildman–Crippen MR) is 97.4 cm³/mol. The number of benzene rings is 1. The highest BCUT2D eigenvalue weighted by Crippen LogP contribution is 2.49. The summed E-state index contributed by atoms with van der Waals surface area (Å²) >= 11 is 0. The number of halogens is 1. The van der Waals surface area contributed by atoms with Crippen LogP contribution in [0, 0.1) is 0 Å². The minimum Gasteiger partial charge on any atom is -0.468 e. The van der Waals surface area contributed by atoms with E-state index < -0.39 is 15.4 Å². The van der Waals surface area contributed by atoms with Crippen LogP contribution in [0.3, 0.4) is 0 Å². The van der Waals surface area contributed by atoms with Crippen LogP contribution in [0.1, 0.15) is 38.2 Å². The Morgan fingerprint density at radius 2 is 1.92 bits per heavy atom. The third-order valence-electron chi connectivity index (χ3n) is 5.11. The Morgan fingerprint density at radius 3 is 2.44 bits per heavy atom. The lowest BCUT2D eigenvalue weighted by molar-refractivity contribution is -0.143. The Morgan fingerprint density at radius 1 is 1.28 bits per heavy atom. The van der Waals surface area contributed by atoms with E-state index in [1.807, 2.05) is 6.92 Å². The molecule has 0 aromatic heterocycles. The number of methoxy groups -OCH3 is 1. The third-order valence-corrected chi connectivity index (χ3v) is 6.62. The lowest BCUT2D eigenvalue weighted by Crippen LogP contribution is -2.51. The number of nitrogens with one attached hydrogen (secondary N) is 2. The highest BCUT2D eigenvalue weighted by atomic mass is 35.5. The number of rotatable bonds is 5. The Kier molecular flexibility index (Phi) is 6.14. The van der Waals surface area contributed by atoms with Gasteiger partial charge in [-0.3, -0.25) is 4.79 Å². The zero-order valence-corrected chi connectivity index (χ0v) is 16.1. The molecule has 6 nitrogen and oxygen atoms in total. The standard InChI is InChI=1S/C17H24N2O4S.ClH/c1-12-15(4-3-11-18-12)19-24(21,22)14-7-5-13(6-8-14)17(9-10-17)16(20)23-2;/h5-8,12,15,18-19H,3-4,9-11H2,1-2H3;1H. The highest BCUT2D eigenvalue weighted by Gasteiger charge is 2.52. The van der Waals surface area contributed by atoms with Crippen molar-refractivity contribution < 1.29 is 17.9 Å². The van der Waals surface area contributed by atoms with Crippen LogP contribution < -0.4 is 10.0 Å². The van der Waals surface area contributed by atoms with E-state index in [4.69, 9.17) is 4.74 Å². The molecule has 1 saturated carbocycles. The van der Waals surface area contributed by atoms with Crippen LogP contribution in [0.4, 0.5) is 0 Å². The van der Waals surface area contributed by atoms with Gasteiger partial charge in [0.2, 0.25) is 10.0 Å². The summed E-state index contributed by atoms with van der Waals surface area (Å²) in [6, 6.07) is 6.60. The van der Waals surface area contributed by atoms with Gasteiger partial charge in [0.1, 0.15) is 0 Å². The van der Waals surface area contributed by atoms with E-state index in [-0.39, 0.29) is 35.4 Å². The topological polar surface area (TPSA) is 84.5 Å². The van der Waals surface area contributed by atoms with Gasteiger partial charge in [-0.2, -0.15) is 0 Å².